The quantitative estimate of drug-likeness (QED) is 0.634. The fourth-order valence-electron chi connectivity index (χ4n) is 2.40. The van der Waals surface area contributed by atoms with Gasteiger partial charge in [-0.05, 0) is 56.9 Å². The highest BCUT2D eigenvalue weighted by atomic mass is 32.2. The lowest BCUT2D eigenvalue weighted by atomic mass is 9.92. The molecule has 0 fully saturated rings. The number of carbonyl (C=O) groups is 1. The molecule has 1 aromatic carbocycles. The van der Waals surface area contributed by atoms with E-state index in [2.05, 4.69) is 35.4 Å². The Hall–Kier alpha value is -1.40. The van der Waals surface area contributed by atoms with E-state index < -0.39 is 0 Å². The topological polar surface area (TPSA) is 54.9 Å². The summed E-state index contributed by atoms with van der Waals surface area (Å²) in [7, 11) is 0. The van der Waals surface area contributed by atoms with Crippen LogP contribution >= 0.6 is 23.1 Å². The summed E-state index contributed by atoms with van der Waals surface area (Å²) in [5.41, 5.74) is 5.43. The van der Waals surface area contributed by atoms with Crippen LogP contribution in [0, 0.1) is 27.7 Å². The maximum atomic E-state index is 12.6. The van der Waals surface area contributed by atoms with Gasteiger partial charge in [-0.2, -0.15) is 0 Å². The van der Waals surface area contributed by atoms with E-state index in [9.17, 15) is 4.79 Å². The van der Waals surface area contributed by atoms with Crippen LogP contribution in [0.3, 0.4) is 0 Å². The molecule has 4 nitrogen and oxygen atoms in total. The van der Waals surface area contributed by atoms with Gasteiger partial charge in [0.25, 0.3) is 0 Å². The van der Waals surface area contributed by atoms with Gasteiger partial charge < -0.3 is 5.32 Å². The Bertz CT molecular complexity index is 695. The van der Waals surface area contributed by atoms with Crippen molar-refractivity contribution >= 4 is 34.0 Å². The maximum Gasteiger partial charge on any atom is 0.206 e. The van der Waals surface area contributed by atoms with Crippen molar-refractivity contribution < 1.29 is 4.79 Å². The van der Waals surface area contributed by atoms with Crippen LogP contribution in [-0.4, -0.2) is 28.3 Å². The molecule has 1 heterocycles. The number of carbonyl (C=O) groups excluding carboxylic acids is 1. The van der Waals surface area contributed by atoms with Crippen LogP contribution in [0.5, 0.6) is 0 Å². The fraction of sp³-hybridized carbons (Fsp3) is 0.438. The third kappa shape index (κ3) is 3.67. The first-order chi connectivity index (χ1) is 10.4. The summed E-state index contributed by atoms with van der Waals surface area (Å²) in [6.45, 7) is 11.0. The normalized spacial score (nSPS) is 10.8. The molecule has 0 radical (unpaired) electrons. The highest BCUT2D eigenvalue weighted by Crippen LogP contribution is 2.28. The molecule has 0 bridgehead atoms. The Morgan fingerprint density at radius 3 is 2.59 bits per heavy atom. The van der Waals surface area contributed by atoms with E-state index in [4.69, 9.17) is 0 Å². The predicted molar refractivity (Wildman–Crippen MR) is 94.5 cm³/mol. The van der Waals surface area contributed by atoms with E-state index in [-0.39, 0.29) is 5.78 Å². The second kappa shape index (κ2) is 7.24. The highest BCUT2D eigenvalue weighted by molar-refractivity contribution is 8.01. The lowest BCUT2D eigenvalue weighted by molar-refractivity contribution is 0.102. The van der Waals surface area contributed by atoms with Crippen molar-refractivity contribution in [3.8, 4) is 0 Å². The second-order valence-electron chi connectivity index (χ2n) is 5.25. The van der Waals surface area contributed by atoms with Crippen molar-refractivity contribution in [2.75, 3.05) is 17.6 Å². The van der Waals surface area contributed by atoms with Gasteiger partial charge in [-0.3, -0.25) is 4.79 Å². The van der Waals surface area contributed by atoms with E-state index >= 15 is 0 Å². The maximum absolute atomic E-state index is 12.6. The molecule has 0 aliphatic heterocycles. The minimum atomic E-state index is 0.156. The molecule has 0 aliphatic rings. The molecule has 1 N–H and O–H groups in total. The lowest BCUT2D eigenvalue weighted by Gasteiger charge is -2.13. The zero-order valence-electron chi connectivity index (χ0n) is 13.6. The van der Waals surface area contributed by atoms with Gasteiger partial charge in [-0.1, -0.05) is 29.2 Å². The summed E-state index contributed by atoms with van der Waals surface area (Å²) in [6.07, 6.45) is 0. The summed E-state index contributed by atoms with van der Waals surface area (Å²) in [5.74, 6) is 0.550. The molecule has 2 rings (SSSR count). The van der Waals surface area contributed by atoms with Crippen molar-refractivity contribution in [1.82, 2.24) is 10.2 Å². The largest absolute Gasteiger partial charge is 0.360 e. The van der Waals surface area contributed by atoms with E-state index in [1.807, 2.05) is 20.8 Å². The number of hydrogen-bond donors (Lipinski definition) is 1. The van der Waals surface area contributed by atoms with Crippen molar-refractivity contribution in [1.29, 1.82) is 0 Å². The molecule has 118 valence electrons. The van der Waals surface area contributed by atoms with Crippen LogP contribution < -0.4 is 5.32 Å². The Morgan fingerprint density at radius 1 is 1.18 bits per heavy atom. The Balaban J connectivity index is 2.11. The van der Waals surface area contributed by atoms with Crippen LogP contribution in [0.2, 0.25) is 0 Å². The van der Waals surface area contributed by atoms with Gasteiger partial charge in [-0.25, -0.2) is 0 Å². The number of nitrogens with one attached hydrogen (secondary N) is 1. The predicted octanol–water partition coefficient (Wildman–Crippen LogP) is 4.18. The van der Waals surface area contributed by atoms with Gasteiger partial charge in [-0.15, -0.1) is 10.2 Å². The van der Waals surface area contributed by atoms with Crippen molar-refractivity contribution in [3.63, 3.8) is 0 Å². The minimum absolute atomic E-state index is 0.156. The molecule has 0 atom stereocenters. The number of aryl methyl sites for hydroxylation is 2. The number of nitrogens with zero attached hydrogens (tertiary/aromatic N) is 2. The second-order valence-corrected chi connectivity index (χ2v) is 7.45. The third-order valence-electron chi connectivity index (χ3n) is 3.70. The van der Waals surface area contributed by atoms with Gasteiger partial charge in [0.2, 0.25) is 5.13 Å². The number of anilines is 1. The summed E-state index contributed by atoms with van der Waals surface area (Å²) < 4.78 is 0.823. The van der Waals surface area contributed by atoms with Crippen LogP contribution in [0.1, 0.15) is 39.5 Å². The Kier molecular flexibility index (Phi) is 5.58. The molecule has 1 aromatic heterocycles. The molecule has 0 aliphatic carbocycles. The van der Waals surface area contributed by atoms with Crippen molar-refractivity contribution in [3.05, 3.63) is 33.9 Å². The van der Waals surface area contributed by atoms with Gasteiger partial charge in [0, 0.05) is 12.1 Å². The molecule has 6 heteroatoms. The van der Waals surface area contributed by atoms with Crippen LogP contribution in [0.15, 0.2) is 10.4 Å². The first-order valence-electron chi connectivity index (χ1n) is 7.24. The average molecular weight is 335 g/mol. The molecule has 0 saturated heterocycles. The number of Topliss-reactive ketones (excluding diaryl/α,β-unsaturated/α-hetero) is 1. The average Bonchev–Trinajstić information content (AvgIpc) is 2.91. The number of rotatable bonds is 6. The summed E-state index contributed by atoms with van der Waals surface area (Å²) in [5, 5.41) is 12.1. The van der Waals surface area contributed by atoms with Gasteiger partial charge in [0.05, 0.1) is 5.75 Å². The Morgan fingerprint density at radius 2 is 1.91 bits per heavy atom. The summed E-state index contributed by atoms with van der Waals surface area (Å²) in [4.78, 5) is 12.6. The van der Waals surface area contributed by atoms with Crippen LogP contribution in [-0.2, 0) is 0 Å². The van der Waals surface area contributed by atoms with Crippen molar-refractivity contribution in [2.24, 2.45) is 0 Å². The monoisotopic (exact) mass is 335 g/mol. The van der Waals surface area contributed by atoms with E-state index in [0.29, 0.717) is 5.75 Å². The van der Waals surface area contributed by atoms with Gasteiger partial charge >= 0.3 is 0 Å². The standard InChI is InChI=1S/C16H21N3OS2/c1-6-17-15-18-19-16(22-15)21-8-13(20)14-10(3)7-9(2)11(4)12(14)5/h7H,6,8H2,1-5H3,(H,17,18). The smallest absolute Gasteiger partial charge is 0.206 e. The summed E-state index contributed by atoms with van der Waals surface area (Å²) >= 11 is 2.94. The number of ketones is 1. The molecule has 2 aromatic rings. The molecule has 22 heavy (non-hydrogen) atoms. The Labute approximate surface area is 139 Å². The van der Waals surface area contributed by atoms with Gasteiger partial charge in [0.1, 0.15) is 0 Å². The number of hydrogen-bond acceptors (Lipinski definition) is 6. The number of thioether (sulfide) groups is 1. The van der Waals surface area contributed by atoms with Crippen molar-refractivity contribution in [2.45, 2.75) is 39.0 Å². The first-order valence-corrected chi connectivity index (χ1v) is 9.05. The molecule has 0 spiro atoms. The van der Waals surface area contributed by atoms with Gasteiger partial charge in [0.15, 0.2) is 10.1 Å². The number of aromatic nitrogens is 2. The molecule has 0 amide bonds. The van der Waals surface area contributed by atoms with Crippen LogP contribution in [0.25, 0.3) is 0 Å². The fourth-order valence-corrected chi connectivity index (χ4v) is 4.10. The first kappa shape index (κ1) is 17.0. The molecule has 0 unspecified atom stereocenters. The molecule has 0 saturated carbocycles. The zero-order chi connectivity index (χ0) is 16.3. The third-order valence-corrected chi connectivity index (χ3v) is 5.71. The molecular weight excluding hydrogens is 314 g/mol. The lowest BCUT2D eigenvalue weighted by Crippen LogP contribution is -2.09. The van der Waals surface area contributed by atoms with Crippen LogP contribution in [0.4, 0.5) is 5.13 Å². The summed E-state index contributed by atoms with van der Waals surface area (Å²) in [6, 6.07) is 2.09. The molecular formula is C16H21N3OS2. The van der Waals surface area contributed by atoms with E-state index in [0.717, 1.165) is 32.7 Å². The SMILES string of the molecule is CCNc1nnc(SCC(=O)c2c(C)cc(C)c(C)c2C)s1. The highest BCUT2D eigenvalue weighted by Gasteiger charge is 2.16. The van der Waals surface area contributed by atoms with E-state index in [1.165, 1.54) is 34.2 Å². The number of benzene rings is 1. The van der Waals surface area contributed by atoms with E-state index in [1.54, 1.807) is 0 Å². The minimum Gasteiger partial charge on any atom is -0.360 e. The zero-order valence-corrected chi connectivity index (χ0v) is 15.2.